The molecule has 4 N–H and O–H groups in total. The summed E-state index contributed by atoms with van der Waals surface area (Å²) in [5.74, 6) is -0.230. The fourth-order valence-electron chi connectivity index (χ4n) is 1.59. The number of likely N-dealkylation sites (N-methyl/N-ethyl adjacent to an activating group) is 1. The summed E-state index contributed by atoms with van der Waals surface area (Å²) in [6.07, 6.45) is 0. The molecule has 0 radical (unpaired) electrons. The van der Waals surface area contributed by atoms with E-state index in [1.54, 1.807) is 26.1 Å². The van der Waals surface area contributed by atoms with Crippen molar-refractivity contribution in [2.75, 3.05) is 13.7 Å². The number of nitrogens with two attached hydrogens (primary N) is 1. The summed E-state index contributed by atoms with van der Waals surface area (Å²) < 4.78 is 13.0. The van der Waals surface area contributed by atoms with Crippen LogP contribution in [0.3, 0.4) is 0 Å². The Morgan fingerprint density at radius 1 is 1.53 bits per heavy atom. The molecule has 0 saturated carbocycles. The summed E-state index contributed by atoms with van der Waals surface area (Å²) in [6, 6.07) is 4.29. The van der Waals surface area contributed by atoms with Gasteiger partial charge in [0, 0.05) is 12.1 Å². The molecule has 1 rings (SSSR count). The molecule has 0 saturated heterocycles. The van der Waals surface area contributed by atoms with Gasteiger partial charge in [-0.2, -0.15) is 0 Å². The van der Waals surface area contributed by atoms with Crippen LogP contribution in [0.1, 0.15) is 17.2 Å². The van der Waals surface area contributed by atoms with E-state index in [4.69, 9.17) is 10.8 Å². The second kappa shape index (κ2) is 5.21. The lowest BCUT2D eigenvalue weighted by Gasteiger charge is -2.22. The Bertz CT molecular complexity index is 330. The third-order valence-corrected chi connectivity index (χ3v) is 2.49. The van der Waals surface area contributed by atoms with Gasteiger partial charge in [-0.25, -0.2) is 4.39 Å². The van der Waals surface area contributed by atoms with Gasteiger partial charge in [0.1, 0.15) is 5.82 Å². The number of rotatable bonds is 4. The zero-order valence-corrected chi connectivity index (χ0v) is 9.00. The number of benzene rings is 1. The Labute approximate surface area is 89.1 Å². The molecule has 3 nitrogen and oxygen atoms in total. The molecule has 1 aromatic rings. The van der Waals surface area contributed by atoms with Gasteiger partial charge in [0.25, 0.3) is 0 Å². The van der Waals surface area contributed by atoms with Crippen molar-refractivity contribution < 1.29 is 9.50 Å². The highest BCUT2D eigenvalue weighted by atomic mass is 19.1. The van der Waals surface area contributed by atoms with Crippen LogP contribution in [0.4, 0.5) is 4.39 Å². The van der Waals surface area contributed by atoms with E-state index in [1.807, 2.05) is 0 Å². The molecule has 2 atom stereocenters. The van der Waals surface area contributed by atoms with Gasteiger partial charge >= 0.3 is 0 Å². The largest absolute Gasteiger partial charge is 0.395 e. The van der Waals surface area contributed by atoms with Crippen LogP contribution in [0.2, 0.25) is 0 Å². The highest BCUT2D eigenvalue weighted by molar-refractivity contribution is 5.27. The van der Waals surface area contributed by atoms with Gasteiger partial charge in [0.2, 0.25) is 0 Å². The SMILES string of the molecule is CNC(c1ccc(F)c(C)c1)C(N)CO. The minimum atomic E-state index is -0.389. The van der Waals surface area contributed by atoms with Crippen molar-refractivity contribution in [2.24, 2.45) is 5.73 Å². The van der Waals surface area contributed by atoms with Crippen molar-refractivity contribution in [3.05, 3.63) is 35.1 Å². The van der Waals surface area contributed by atoms with E-state index in [9.17, 15) is 4.39 Å². The van der Waals surface area contributed by atoms with E-state index >= 15 is 0 Å². The van der Waals surface area contributed by atoms with Gasteiger partial charge in [0.05, 0.1) is 6.61 Å². The second-order valence-electron chi connectivity index (χ2n) is 3.62. The highest BCUT2D eigenvalue weighted by Crippen LogP contribution is 2.18. The zero-order valence-electron chi connectivity index (χ0n) is 9.00. The lowest BCUT2D eigenvalue weighted by Crippen LogP contribution is -2.39. The number of hydrogen-bond acceptors (Lipinski definition) is 3. The molecule has 0 aliphatic heterocycles. The first-order valence-electron chi connectivity index (χ1n) is 4.90. The highest BCUT2D eigenvalue weighted by Gasteiger charge is 2.17. The molecule has 0 bridgehead atoms. The van der Waals surface area contributed by atoms with Crippen LogP contribution in [0.15, 0.2) is 18.2 Å². The third-order valence-electron chi connectivity index (χ3n) is 2.49. The molecular weight excluding hydrogens is 195 g/mol. The van der Waals surface area contributed by atoms with Gasteiger partial charge in [-0.15, -0.1) is 0 Å². The van der Waals surface area contributed by atoms with Gasteiger partial charge < -0.3 is 16.2 Å². The van der Waals surface area contributed by atoms with E-state index in [0.29, 0.717) is 5.56 Å². The maximum atomic E-state index is 13.0. The number of aryl methyl sites for hydroxylation is 1. The molecule has 1 aromatic carbocycles. The smallest absolute Gasteiger partial charge is 0.126 e. The summed E-state index contributed by atoms with van der Waals surface area (Å²) in [7, 11) is 1.76. The van der Waals surface area contributed by atoms with Gasteiger partial charge in [0.15, 0.2) is 0 Å². The molecule has 4 heteroatoms. The molecule has 0 spiro atoms. The fourth-order valence-corrected chi connectivity index (χ4v) is 1.59. The van der Waals surface area contributed by atoms with Crippen LogP contribution in [0, 0.1) is 12.7 Å². The van der Waals surface area contributed by atoms with Crippen molar-refractivity contribution in [1.29, 1.82) is 0 Å². The van der Waals surface area contributed by atoms with Gasteiger partial charge in [-0.3, -0.25) is 0 Å². The molecule has 2 unspecified atom stereocenters. The summed E-state index contributed by atoms with van der Waals surface area (Å²) in [6.45, 7) is 1.60. The number of aliphatic hydroxyl groups excluding tert-OH is 1. The molecule has 0 aliphatic rings. The van der Waals surface area contributed by atoms with E-state index in [-0.39, 0.29) is 24.5 Å². The fraction of sp³-hybridized carbons (Fsp3) is 0.455. The van der Waals surface area contributed by atoms with E-state index in [2.05, 4.69) is 5.32 Å². The van der Waals surface area contributed by atoms with E-state index < -0.39 is 0 Å². The number of aliphatic hydroxyl groups is 1. The monoisotopic (exact) mass is 212 g/mol. The van der Waals surface area contributed by atoms with Crippen LogP contribution < -0.4 is 11.1 Å². The maximum Gasteiger partial charge on any atom is 0.126 e. The number of hydrogen-bond donors (Lipinski definition) is 3. The van der Waals surface area contributed by atoms with Crippen molar-refractivity contribution in [1.82, 2.24) is 5.32 Å². The summed E-state index contributed by atoms with van der Waals surface area (Å²) in [4.78, 5) is 0. The molecule has 0 fully saturated rings. The maximum absolute atomic E-state index is 13.0. The Balaban J connectivity index is 2.97. The second-order valence-corrected chi connectivity index (χ2v) is 3.62. The zero-order chi connectivity index (χ0) is 11.4. The third kappa shape index (κ3) is 2.75. The van der Waals surface area contributed by atoms with Crippen molar-refractivity contribution in [3.8, 4) is 0 Å². The Hall–Kier alpha value is -0.970. The normalized spacial score (nSPS) is 15.0. The average molecular weight is 212 g/mol. The minimum Gasteiger partial charge on any atom is -0.395 e. The Kier molecular flexibility index (Phi) is 4.20. The minimum absolute atomic E-state index is 0.109. The quantitative estimate of drug-likeness (QED) is 0.689. The lowest BCUT2D eigenvalue weighted by molar-refractivity contribution is 0.240. The number of nitrogens with one attached hydrogen (secondary N) is 1. The average Bonchev–Trinajstić information content (AvgIpc) is 2.24. The van der Waals surface area contributed by atoms with E-state index in [0.717, 1.165) is 5.56 Å². The molecule has 84 valence electrons. The van der Waals surface area contributed by atoms with Crippen molar-refractivity contribution in [2.45, 2.75) is 19.0 Å². The topological polar surface area (TPSA) is 58.3 Å². The van der Waals surface area contributed by atoms with E-state index in [1.165, 1.54) is 6.07 Å². The molecular formula is C11H17FN2O. The molecule has 0 aliphatic carbocycles. The summed E-state index contributed by atoms with van der Waals surface area (Å²) >= 11 is 0. The molecule has 15 heavy (non-hydrogen) atoms. The molecule has 0 aromatic heterocycles. The molecule has 0 heterocycles. The van der Waals surface area contributed by atoms with Crippen molar-refractivity contribution in [3.63, 3.8) is 0 Å². The summed E-state index contributed by atoms with van der Waals surface area (Å²) in [5.41, 5.74) is 7.21. The van der Waals surface area contributed by atoms with Gasteiger partial charge in [-0.1, -0.05) is 12.1 Å². The van der Waals surface area contributed by atoms with Gasteiger partial charge in [-0.05, 0) is 31.2 Å². The summed E-state index contributed by atoms with van der Waals surface area (Å²) in [5, 5.41) is 12.0. The predicted molar refractivity (Wildman–Crippen MR) is 58.0 cm³/mol. The first kappa shape index (κ1) is 12.1. The van der Waals surface area contributed by atoms with Crippen LogP contribution >= 0.6 is 0 Å². The van der Waals surface area contributed by atoms with Crippen molar-refractivity contribution >= 4 is 0 Å². The Morgan fingerprint density at radius 2 is 2.20 bits per heavy atom. The predicted octanol–water partition coefficient (Wildman–Crippen LogP) is 0.714. The standard InChI is InChI=1S/C11H17FN2O/c1-7-5-8(3-4-9(7)12)11(14-2)10(13)6-15/h3-5,10-11,14-15H,6,13H2,1-2H3. The molecule has 0 amide bonds. The number of halogens is 1. The van der Waals surface area contributed by atoms with Crippen LogP contribution in [0.25, 0.3) is 0 Å². The van der Waals surface area contributed by atoms with Crippen LogP contribution in [-0.4, -0.2) is 24.8 Å². The first-order valence-corrected chi connectivity index (χ1v) is 4.90. The first-order chi connectivity index (χ1) is 7.10. The Morgan fingerprint density at radius 3 is 2.67 bits per heavy atom. The van der Waals surface area contributed by atoms with Crippen LogP contribution in [-0.2, 0) is 0 Å². The lowest BCUT2D eigenvalue weighted by atomic mass is 9.99. The van der Waals surface area contributed by atoms with Crippen LogP contribution in [0.5, 0.6) is 0 Å².